The van der Waals surface area contributed by atoms with Crippen LogP contribution in [0.2, 0.25) is 0 Å². The van der Waals surface area contributed by atoms with E-state index in [9.17, 15) is 13.2 Å². The summed E-state index contributed by atoms with van der Waals surface area (Å²) in [6.45, 7) is 4.35. The van der Waals surface area contributed by atoms with E-state index in [1.807, 2.05) is 26.0 Å². The number of hydrogen-bond acceptors (Lipinski definition) is 5. The van der Waals surface area contributed by atoms with Gasteiger partial charge in [0.05, 0.1) is 17.0 Å². The molecule has 0 unspecified atom stereocenters. The first-order valence-electron chi connectivity index (χ1n) is 11.4. The average Bonchev–Trinajstić information content (AvgIpc) is 2.85. The number of nitrogens with zero attached hydrogens (tertiary/aromatic N) is 2. The number of carbonyl (C=O) groups is 1. The largest absolute Gasteiger partial charge is 0.491 e. The first-order valence-corrected chi connectivity index (χ1v) is 12.9. The lowest BCUT2D eigenvalue weighted by atomic mass is 9.99. The van der Waals surface area contributed by atoms with Crippen molar-refractivity contribution in [3.63, 3.8) is 0 Å². The Morgan fingerprint density at radius 2 is 1.79 bits per heavy atom. The Labute approximate surface area is 200 Å². The van der Waals surface area contributed by atoms with Gasteiger partial charge in [0.2, 0.25) is 10.0 Å². The number of aromatic nitrogens is 1. The van der Waals surface area contributed by atoms with Crippen molar-refractivity contribution in [2.45, 2.75) is 50.2 Å². The molecule has 4 rings (SSSR count). The van der Waals surface area contributed by atoms with E-state index in [1.54, 1.807) is 65.2 Å². The van der Waals surface area contributed by atoms with Crippen LogP contribution in [0.5, 0.6) is 5.75 Å². The van der Waals surface area contributed by atoms with E-state index in [-0.39, 0.29) is 22.9 Å². The molecule has 0 bridgehead atoms. The van der Waals surface area contributed by atoms with E-state index in [1.165, 1.54) is 0 Å². The number of carbonyl (C=O) groups excluding carboxylic acids is 1. The van der Waals surface area contributed by atoms with Gasteiger partial charge < -0.3 is 10.1 Å². The lowest BCUT2D eigenvalue weighted by molar-refractivity contribution is 0.102. The van der Waals surface area contributed by atoms with E-state index in [4.69, 9.17) is 4.74 Å². The van der Waals surface area contributed by atoms with Crippen LogP contribution in [0, 0.1) is 0 Å². The Kier molecular flexibility index (Phi) is 7.29. The zero-order chi connectivity index (χ0) is 24.1. The molecule has 1 saturated heterocycles. The lowest BCUT2D eigenvalue weighted by Crippen LogP contribution is -2.38. The monoisotopic (exact) mass is 479 g/mol. The fourth-order valence-corrected chi connectivity index (χ4v) is 5.79. The molecule has 0 spiro atoms. The van der Waals surface area contributed by atoms with Crippen molar-refractivity contribution in [3.05, 3.63) is 84.2 Å². The van der Waals surface area contributed by atoms with E-state index >= 15 is 0 Å². The number of sulfonamides is 1. The molecule has 3 aromatic rings. The van der Waals surface area contributed by atoms with Crippen LogP contribution in [-0.4, -0.2) is 36.3 Å². The van der Waals surface area contributed by atoms with Gasteiger partial charge in [0.15, 0.2) is 0 Å². The number of anilines is 1. The predicted molar refractivity (Wildman–Crippen MR) is 131 cm³/mol. The standard InChI is InChI=1S/C26H29N3O4S/c1-19(2)33-23-12-8-20(9-13-23)26(30)28-22-10-14-24(15-11-22)34(31,32)29-17-4-3-7-25(29)21-6-5-16-27-18-21/h5-6,8-16,18-19,25H,3-4,7,17H2,1-2H3,(H,28,30)/t25-/m1/s1. The van der Waals surface area contributed by atoms with E-state index in [0.717, 1.165) is 24.8 Å². The summed E-state index contributed by atoms with van der Waals surface area (Å²) in [6, 6.07) is 16.7. The van der Waals surface area contributed by atoms with Crippen molar-refractivity contribution in [1.29, 1.82) is 0 Å². The van der Waals surface area contributed by atoms with Gasteiger partial charge in [-0.1, -0.05) is 12.5 Å². The minimum atomic E-state index is -3.69. The van der Waals surface area contributed by atoms with Crippen molar-refractivity contribution < 1.29 is 17.9 Å². The zero-order valence-corrected chi connectivity index (χ0v) is 20.2. The zero-order valence-electron chi connectivity index (χ0n) is 19.3. The second-order valence-corrected chi connectivity index (χ2v) is 10.5. The number of pyridine rings is 1. The number of rotatable bonds is 7. The minimum Gasteiger partial charge on any atom is -0.491 e. The molecule has 1 amide bonds. The molecular formula is C26H29N3O4S. The third kappa shape index (κ3) is 5.46. The average molecular weight is 480 g/mol. The van der Waals surface area contributed by atoms with E-state index < -0.39 is 10.0 Å². The maximum Gasteiger partial charge on any atom is 0.255 e. The topological polar surface area (TPSA) is 88.6 Å². The van der Waals surface area contributed by atoms with Crippen molar-refractivity contribution >= 4 is 21.6 Å². The Bertz CT molecular complexity index is 1210. The van der Waals surface area contributed by atoms with Gasteiger partial charge in [0, 0.05) is 30.2 Å². The summed E-state index contributed by atoms with van der Waals surface area (Å²) in [4.78, 5) is 17.0. The van der Waals surface area contributed by atoms with Gasteiger partial charge in [-0.3, -0.25) is 9.78 Å². The maximum atomic E-state index is 13.4. The fraction of sp³-hybridized carbons (Fsp3) is 0.308. The number of hydrogen-bond donors (Lipinski definition) is 1. The highest BCUT2D eigenvalue weighted by Crippen LogP contribution is 2.35. The molecule has 1 aliphatic heterocycles. The van der Waals surface area contributed by atoms with Crippen molar-refractivity contribution in [1.82, 2.24) is 9.29 Å². The highest BCUT2D eigenvalue weighted by Gasteiger charge is 2.34. The van der Waals surface area contributed by atoms with Crippen LogP contribution < -0.4 is 10.1 Å². The number of piperidine rings is 1. The summed E-state index contributed by atoms with van der Waals surface area (Å²) in [7, 11) is -3.69. The van der Waals surface area contributed by atoms with Gasteiger partial charge in [-0.25, -0.2) is 8.42 Å². The van der Waals surface area contributed by atoms with Crippen LogP contribution in [0.4, 0.5) is 5.69 Å². The van der Waals surface area contributed by atoms with Crippen LogP contribution in [0.25, 0.3) is 0 Å². The van der Waals surface area contributed by atoms with E-state index in [0.29, 0.717) is 23.5 Å². The molecule has 8 heteroatoms. The Hall–Kier alpha value is -3.23. The van der Waals surface area contributed by atoms with Crippen LogP contribution in [-0.2, 0) is 10.0 Å². The summed E-state index contributed by atoms with van der Waals surface area (Å²) in [5.41, 5.74) is 1.91. The first kappa shape index (κ1) is 23.9. The molecular weight excluding hydrogens is 450 g/mol. The Morgan fingerprint density at radius 3 is 2.44 bits per heavy atom. The lowest BCUT2D eigenvalue weighted by Gasteiger charge is -2.34. The van der Waals surface area contributed by atoms with Crippen molar-refractivity contribution in [2.75, 3.05) is 11.9 Å². The number of nitrogens with one attached hydrogen (secondary N) is 1. The second kappa shape index (κ2) is 10.4. The summed E-state index contributed by atoms with van der Waals surface area (Å²) in [5, 5.41) is 2.81. The highest BCUT2D eigenvalue weighted by molar-refractivity contribution is 7.89. The van der Waals surface area contributed by atoms with Crippen molar-refractivity contribution in [3.8, 4) is 5.75 Å². The number of benzene rings is 2. The van der Waals surface area contributed by atoms with Gasteiger partial charge in [0.25, 0.3) is 5.91 Å². The van der Waals surface area contributed by atoms with Crippen LogP contribution in [0.1, 0.15) is 55.1 Å². The molecule has 1 aliphatic rings. The van der Waals surface area contributed by atoms with Gasteiger partial charge >= 0.3 is 0 Å². The van der Waals surface area contributed by atoms with Gasteiger partial charge in [0.1, 0.15) is 5.75 Å². The smallest absolute Gasteiger partial charge is 0.255 e. The molecule has 178 valence electrons. The van der Waals surface area contributed by atoms with Gasteiger partial charge in [-0.05, 0) is 86.8 Å². The molecule has 34 heavy (non-hydrogen) atoms. The summed E-state index contributed by atoms with van der Waals surface area (Å²) in [5.74, 6) is 0.419. The molecule has 0 aliphatic carbocycles. The van der Waals surface area contributed by atoms with Crippen LogP contribution in [0.3, 0.4) is 0 Å². The minimum absolute atomic E-state index is 0.0547. The van der Waals surface area contributed by atoms with Crippen molar-refractivity contribution in [2.24, 2.45) is 0 Å². The Morgan fingerprint density at radius 1 is 1.06 bits per heavy atom. The summed E-state index contributed by atoms with van der Waals surface area (Å²) >= 11 is 0. The summed E-state index contributed by atoms with van der Waals surface area (Å²) in [6.07, 6.45) is 6.04. The highest BCUT2D eigenvalue weighted by atomic mass is 32.2. The molecule has 2 aromatic carbocycles. The number of amides is 1. The van der Waals surface area contributed by atoms with E-state index in [2.05, 4.69) is 10.3 Å². The fourth-order valence-electron chi connectivity index (χ4n) is 4.10. The molecule has 1 aromatic heterocycles. The summed E-state index contributed by atoms with van der Waals surface area (Å²) < 4.78 is 34.1. The number of ether oxygens (including phenoxy) is 1. The maximum absolute atomic E-state index is 13.4. The normalized spacial score (nSPS) is 16.9. The predicted octanol–water partition coefficient (Wildman–Crippen LogP) is 5.04. The van der Waals surface area contributed by atoms with Crippen LogP contribution >= 0.6 is 0 Å². The molecule has 1 atom stereocenters. The third-order valence-corrected chi connectivity index (χ3v) is 7.65. The SMILES string of the molecule is CC(C)Oc1ccc(C(=O)Nc2ccc(S(=O)(=O)N3CCCC[C@@H]3c3cccnc3)cc2)cc1. The molecule has 0 radical (unpaired) electrons. The van der Waals surface area contributed by atoms with Crippen LogP contribution in [0.15, 0.2) is 78.0 Å². The molecule has 1 N–H and O–H groups in total. The third-order valence-electron chi connectivity index (χ3n) is 5.73. The Balaban J connectivity index is 1.47. The molecule has 1 fully saturated rings. The molecule has 7 nitrogen and oxygen atoms in total. The first-order chi connectivity index (χ1) is 16.3. The molecule has 0 saturated carbocycles. The molecule has 2 heterocycles. The quantitative estimate of drug-likeness (QED) is 0.513. The second-order valence-electron chi connectivity index (χ2n) is 8.58. The van der Waals surface area contributed by atoms with Gasteiger partial charge in [-0.2, -0.15) is 4.31 Å². The van der Waals surface area contributed by atoms with Gasteiger partial charge in [-0.15, -0.1) is 0 Å².